The van der Waals surface area contributed by atoms with Gasteiger partial charge >= 0.3 is 0 Å². The highest BCUT2D eigenvalue weighted by Gasteiger charge is 2.00. The van der Waals surface area contributed by atoms with E-state index in [1.165, 1.54) is 0 Å². The number of hydrogen-bond donors (Lipinski definition) is 0. The average Bonchev–Trinajstić information content (AvgIpc) is 2.06. The lowest BCUT2D eigenvalue weighted by atomic mass is 10.3. The number of carbonyl (C=O) groups is 1. The maximum Gasteiger partial charge on any atom is 0.123 e. The zero-order valence-electron chi connectivity index (χ0n) is 7.07. The number of rotatable bonds is 4. The van der Waals surface area contributed by atoms with Crippen molar-refractivity contribution in [2.75, 3.05) is 0 Å². The van der Waals surface area contributed by atoms with E-state index >= 15 is 0 Å². The van der Waals surface area contributed by atoms with Gasteiger partial charge in [0.25, 0.3) is 0 Å². The van der Waals surface area contributed by atoms with Crippen molar-refractivity contribution in [1.29, 1.82) is 0 Å². The van der Waals surface area contributed by atoms with Crippen LogP contribution in [0.4, 0.5) is 0 Å². The molecule has 0 heterocycles. The Balaban J connectivity index is 2.46. The SMILES string of the molecule is C[C@H](CC=O)Oc1ccccc1. The van der Waals surface area contributed by atoms with E-state index in [0.717, 1.165) is 12.0 Å². The molecule has 0 aliphatic rings. The molecule has 0 aliphatic carbocycles. The summed E-state index contributed by atoms with van der Waals surface area (Å²) in [5.74, 6) is 0.812. The fourth-order valence-corrected chi connectivity index (χ4v) is 0.915. The van der Waals surface area contributed by atoms with Gasteiger partial charge in [-0.2, -0.15) is 0 Å². The van der Waals surface area contributed by atoms with Crippen LogP contribution < -0.4 is 4.74 Å². The first kappa shape index (κ1) is 8.78. The van der Waals surface area contributed by atoms with Gasteiger partial charge in [0.2, 0.25) is 0 Å². The normalized spacial score (nSPS) is 12.1. The van der Waals surface area contributed by atoms with Crippen LogP contribution in [0.2, 0.25) is 0 Å². The molecule has 0 saturated heterocycles. The molecule has 0 radical (unpaired) electrons. The molecule has 1 rings (SSSR count). The zero-order valence-corrected chi connectivity index (χ0v) is 7.07. The minimum Gasteiger partial charge on any atom is -0.490 e. The molecule has 0 amide bonds. The van der Waals surface area contributed by atoms with Crippen molar-refractivity contribution in [2.24, 2.45) is 0 Å². The van der Waals surface area contributed by atoms with Crippen LogP contribution >= 0.6 is 0 Å². The quantitative estimate of drug-likeness (QED) is 0.636. The van der Waals surface area contributed by atoms with Crippen molar-refractivity contribution in [3.8, 4) is 5.75 Å². The summed E-state index contributed by atoms with van der Waals surface area (Å²) in [4.78, 5) is 10.1. The molecule has 0 aromatic heterocycles. The Morgan fingerprint density at radius 2 is 2.08 bits per heavy atom. The van der Waals surface area contributed by atoms with E-state index in [4.69, 9.17) is 4.74 Å². The summed E-state index contributed by atoms with van der Waals surface area (Å²) < 4.78 is 5.42. The lowest BCUT2D eigenvalue weighted by Gasteiger charge is -2.10. The number of hydrogen-bond acceptors (Lipinski definition) is 2. The van der Waals surface area contributed by atoms with Gasteiger partial charge in [0.1, 0.15) is 18.1 Å². The van der Waals surface area contributed by atoms with Gasteiger partial charge in [-0.15, -0.1) is 0 Å². The van der Waals surface area contributed by atoms with Gasteiger partial charge in [-0.05, 0) is 19.1 Å². The monoisotopic (exact) mass is 164 g/mol. The summed E-state index contributed by atoms with van der Waals surface area (Å²) in [6, 6.07) is 9.49. The van der Waals surface area contributed by atoms with E-state index in [9.17, 15) is 4.79 Å². The van der Waals surface area contributed by atoms with Gasteiger partial charge in [0, 0.05) is 6.42 Å². The number of aldehydes is 1. The number of ether oxygens (including phenoxy) is 1. The second-order valence-electron chi connectivity index (χ2n) is 2.64. The van der Waals surface area contributed by atoms with Gasteiger partial charge in [0.05, 0.1) is 0 Å². The van der Waals surface area contributed by atoms with Crippen LogP contribution in [0.1, 0.15) is 13.3 Å². The van der Waals surface area contributed by atoms with Crippen molar-refractivity contribution >= 4 is 6.29 Å². The molecular weight excluding hydrogens is 152 g/mol. The summed E-state index contributed by atoms with van der Waals surface area (Å²) in [6.07, 6.45) is 1.27. The molecule has 0 unspecified atom stereocenters. The molecule has 2 nitrogen and oxygen atoms in total. The fraction of sp³-hybridized carbons (Fsp3) is 0.300. The largest absolute Gasteiger partial charge is 0.490 e. The molecule has 0 aliphatic heterocycles. The first-order chi connectivity index (χ1) is 5.83. The third-order valence-corrected chi connectivity index (χ3v) is 1.51. The van der Waals surface area contributed by atoms with E-state index in [0.29, 0.717) is 6.42 Å². The van der Waals surface area contributed by atoms with Crippen LogP contribution in [0.3, 0.4) is 0 Å². The van der Waals surface area contributed by atoms with Crippen molar-refractivity contribution in [3.05, 3.63) is 30.3 Å². The third-order valence-electron chi connectivity index (χ3n) is 1.51. The summed E-state index contributed by atoms with van der Waals surface area (Å²) >= 11 is 0. The molecule has 1 atom stereocenters. The van der Waals surface area contributed by atoms with Crippen LogP contribution in [0.25, 0.3) is 0 Å². The van der Waals surface area contributed by atoms with Crippen LogP contribution in [0.5, 0.6) is 5.75 Å². The van der Waals surface area contributed by atoms with Crippen LogP contribution in [-0.2, 0) is 4.79 Å². The average molecular weight is 164 g/mol. The van der Waals surface area contributed by atoms with Gasteiger partial charge in [-0.25, -0.2) is 0 Å². The Kier molecular flexibility index (Phi) is 3.33. The molecule has 1 aromatic carbocycles. The molecule has 0 saturated carbocycles. The molecule has 1 aromatic rings. The highest BCUT2D eigenvalue weighted by atomic mass is 16.5. The summed E-state index contributed by atoms with van der Waals surface area (Å²) in [5, 5.41) is 0. The van der Waals surface area contributed by atoms with E-state index in [1.807, 2.05) is 37.3 Å². The molecule has 64 valence electrons. The standard InChI is InChI=1S/C10H12O2/c1-9(7-8-11)12-10-5-3-2-4-6-10/h2-6,8-9H,7H2,1H3/t9-/m1/s1. The summed E-state index contributed by atoms with van der Waals surface area (Å²) in [7, 11) is 0. The van der Waals surface area contributed by atoms with E-state index in [2.05, 4.69) is 0 Å². The minimum absolute atomic E-state index is 0.0371. The lowest BCUT2D eigenvalue weighted by molar-refractivity contribution is -0.109. The fourth-order valence-electron chi connectivity index (χ4n) is 0.915. The van der Waals surface area contributed by atoms with Crippen LogP contribution in [0.15, 0.2) is 30.3 Å². The zero-order chi connectivity index (χ0) is 8.81. The molecule has 12 heavy (non-hydrogen) atoms. The van der Waals surface area contributed by atoms with Gasteiger partial charge < -0.3 is 9.53 Å². The van der Waals surface area contributed by atoms with E-state index in [1.54, 1.807) is 0 Å². The maximum absolute atomic E-state index is 10.1. The topological polar surface area (TPSA) is 26.3 Å². The first-order valence-electron chi connectivity index (χ1n) is 3.98. The van der Waals surface area contributed by atoms with Gasteiger partial charge in [0.15, 0.2) is 0 Å². The van der Waals surface area contributed by atoms with E-state index in [-0.39, 0.29) is 6.10 Å². The minimum atomic E-state index is -0.0371. The van der Waals surface area contributed by atoms with Gasteiger partial charge in [-0.1, -0.05) is 18.2 Å². The Morgan fingerprint density at radius 3 is 2.67 bits per heavy atom. The number of carbonyl (C=O) groups excluding carboxylic acids is 1. The summed E-state index contributed by atoms with van der Waals surface area (Å²) in [5.41, 5.74) is 0. The Morgan fingerprint density at radius 1 is 1.42 bits per heavy atom. The Bertz CT molecular complexity index is 231. The highest BCUT2D eigenvalue weighted by molar-refractivity contribution is 5.50. The van der Waals surface area contributed by atoms with Gasteiger partial charge in [-0.3, -0.25) is 0 Å². The second kappa shape index (κ2) is 4.54. The van der Waals surface area contributed by atoms with Crippen molar-refractivity contribution in [1.82, 2.24) is 0 Å². The van der Waals surface area contributed by atoms with Crippen LogP contribution in [0, 0.1) is 0 Å². The molecule has 0 N–H and O–H groups in total. The predicted molar refractivity (Wildman–Crippen MR) is 47.2 cm³/mol. The van der Waals surface area contributed by atoms with Crippen molar-refractivity contribution < 1.29 is 9.53 Å². The molecule has 0 spiro atoms. The van der Waals surface area contributed by atoms with Crippen LogP contribution in [-0.4, -0.2) is 12.4 Å². The number of benzene rings is 1. The van der Waals surface area contributed by atoms with E-state index < -0.39 is 0 Å². The Labute approximate surface area is 72.2 Å². The third kappa shape index (κ3) is 2.74. The van der Waals surface area contributed by atoms with Crippen molar-refractivity contribution in [2.45, 2.75) is 19.4 Å². The molecule has 0 fully saturated rings. The Hall–Kier alpha value is -1.31. The summed E-state index contributed by atoms with van der Waals surface area (Å²) in [6.45, 7) is 1.88. The second-order valence-corrected chi connectivity index (χ2v) is 2.64. The van der Waals surface area contributed by atoms with Crippen molar-refractivity contribution in [3.63, 3.8) is 0 Å². The number of para-hydroxylation sites is 1. The lowest BCUT2D eigenvalue weighted by Crippen LogP contribution is -2.11. The molecule has 2 heteroatoms. The molecule has 0 bridgehead atoms. The highest BCUT2D eigenvalue weighted by Crippen LogP contribution is 2.11. The predicted octanol–water partition coefficient (Wildman–Crippen LogP) is 2.04. The first-order valence-corrected chi connectivity index (χ1v) is 3.98. The maximum atomic E-state index is 10.1. The smallest absolute Gasteiger partial charge is 0.123 e. The molecular formula is C10H12O2.